The molecule has 2 heterocycles. The van der Waals surface area contributed by atoms with Gasteiger partial charge in [-0.15, -0.1) is 0 Å². The Morgan fingerprint density at radius 1 is 0.935 bits per heavy atom. The van der Waals surface area contributed by atoms with E-state index in [9.17, 15) is 9.59 Å². The fourth-order valence-corrected chi connectivity index (χ4v) is 4.32. The van der Waals surface area contributed by atoms with E-state index in [1.54, 1.807) is 17.0 Å². The van der Waals surface area contributed by atoms with Crippen molar-refractivity contribution in [1.82, 2.24) is 4.90 Å². The lowest BCUT2D eigenvalue weighted by atomic mass is 9.95. The summed E-state index contributed by atoms with van der Waals surface area (Å²) in [6.45, 7) is 2.11. The molecule has 31 heavy (non-hydrogen) atoms. The van der Waals surface area contributed by atoms with Gasteiger partial charge in [-0.1, -0.05) is 36.4 Å². The third-order valence-electron chi connectivity index (χ3n) is 5.91. The highest BCUT2D eigenvalue weighted by Crippen LogP contribution is 2.33. The van der Waals surface area contributed by atoms with Crippen molar-refractivity contribution >= 4 is 28.3 Å². The minimum Gasteiger partial charge on any atom is -0.486 e. The van der Waals surface area contributed by atoms with Crippen molar-refractivity contribution in [1.29, 1.82) is 0 Å². The highest BCUT2D eigenvalue weighted by molar-refractivity contribution is 6.07. The minimum atomic E-state index is -0.249. The van der Waals surface area contributed by atoms with Crippen molar-refractivity contribution in [2.45, 2.75) is 12.8 Å². The number of likely N-dealkylation sites (tertiary alicyclic amines) is 1. The molecule has 3 aromatic carbocycles. The largest absolute Gasteiger partial charge is 0.486 e. The van der Waals surface area contributed by atoms with Crippen LogP contribution < -0.4 is 14.8 Å². The number of nitrogens with one attached hydrogen (secondary N) is 1. The van der Waals surface area contributed by atoms with Crippen LogP contribution >= 0.6 is 0 Å². The molecular weight excluding hydrogens is 392 g/mol. The molecule has 0 aromatic heterocycles. The zero-order chi connectivity index (χ0) is 21.2. The third-order valence-corrected chi connectivity index (χ3v) is 5.91. The molecule has 1 saturated heterocycles. The van der Waals surface area contributed by atoms with E-state index in [0.29, 0.717) is 49.1 Å². The molecule has 2 aliphatic heterocycles. The van der Waals surface area contributed by atoms with Gasteiger partial charge in [0.25, 0.3) is 5.91 Å². The lowest BCUT2D eigenvalue weighted by Gasteiger charge is -2.32. The van der Waals surface area contributed by atoms with Crippen molar-refractivity contribution in [2.75, 3.05) is 31.6 Å². The van der Waals surface area contributed by atoms with E-state index in [1.807, 2.05) is 48.5 Å². The summed E-state index contributed by atoms with van der Waals surface area (Å²) in [4.78, 5) is 28.0. The van der Waals surface area contributed by atoms with Crippen LogP contribution in [0.3, 0.4) is 0 Å². The fraction of sp³-hybridized carbons (Fsp3) is 0.280. The lowest BCUT2D eigenvalue weighted by Crippen LogP contribution is -2.43. The summed E-state index contributed by atoms with van der Waals surface area (Å²) in [6.07, 6.45) is 1.56. The van der Waals surface area contributed by atoms with Crippen LogP contribution in [0.15, 0.2) is 60.7 Å². The predicted molar refractivity (Wildman–Crippen MR) is 119 cm³/mol. The predicted octanol–water partition coefficient (Wildman–Crippen LogP) is 4.10. The molecule has 2 amide bonds. The van der Waals surface area contributed by atoms with Crippen molar-refractivity contribution < 1.29 is 19.1 Å². The molecule has 1 N–H and O–H groups in total. The van der Waals surface area contributed by atoms with Crippen molar-refractivity contribution in [3.8, 4) is 11.5 Å². The Morgan fingerprint density at radius 3 is 2.65 bits per heavy atom. The minimum absolute atomic E-state index is 0.0198. The zero-order valence-electron chi connectivity index (χ0n) is 17.2. The van der Waals surface area contributed by atoms with Crippen LogP contribution in [0.25, 0.3) is 10.8 Å². The van der Waals surface area contributed by atoms with Gasteiger partial charge in [-0.25, -0.2) is 0 Å². The summed E-state index contributed by atoms with van der Waals surface area (Å²) in [6, 6.07) is 19.1. The van der Waals surface area contributed by atoms with Gasteiger partial charge in [-0.3, -0.25) is 9.59 Å². The maximum absolute atomic E-state index is 13.3. The number of hydrogen-bond donors (Lipinski definition) is 1. The molecule has 0 saturated carbocycles. The number of ether oxygens (including phenoxy) is 2. The summed E-state index contributed by atoms with van der Waals surface area (Å²) in [7, 11) is 0. The molecule has 1 atom stereocenters. The van der Waals surface area contributed by atoms with E-state index in [1.165, 1.54) is 0 Å². The molecule has 6 nitrogen and oxygen atoms in total. The standard InChI is InChI=1S/C25H24N2O4/c28-24(26-19-10-11-22-23(15-19)31-14-13-30-22)18-7-4-12-27(16-18)25(29)21-9-3-6-17-5-1-2-8-20(17)21/h1-3,5-6,8-11,15,18H,4,7,12-14,16H2,(H,26,28)/t18-/m1/s1. The second-order valence-corrected chi connectivity index (χ2v) is 7.96. The van der Waals surface area contributed by atoms with Crippen LogP contribution in [0.1, 0.15) is 23.2 Å². The van der Waals surface area contributed by atoms with Crippen molar-refractivity contribution in [3.63, 3.8) is 0 Å². The molecule has 0 aliphatic carbocycles. The van der Waals surface area contributed by atoms with E-state index in [-0.39, 0.29) is 17.7 Å². The van der Waals surface area contributed by atoms with Crippen LogP contribution in [0.2, 0.25) is 0 Å². The first kappa shape index (κ1) is 19.4. The van der Waals surface area contributed by atoms with E-state index in [2.05, 4.69) is 5.32 Å². The molecule has 0 radical (unpaired) electrons. The first-order chi connectivity index (χ1) is 15.2. The van der Waals surface area contributed by atoms with Gasteiger partial charge in [-0.2, -0.15) is 0 Å². The number of amides is 2. The third kappa shape index (κ3) is 3.93. The SMILES string of the molecule is O=C(Nc1ccc2c(c1)OCCO2)[C@@H]1CCCN(C(=O)c2cccc3ccccc23)C1. The van der Waals surface area contributed by atoms with E-state index < -0.39 is 0 Å². The fourth-order valence-electron chi connectivity index (χ4n) is 4.32. The molecule has 5 rings (SSSR count). The molecule has 0 bridgehead atoms. The highest BCUT2D eigenvalue weighted by Gasteiger charge is 2.29. The maximum atomic E-state index is 13.3. The number of carbonyl (C=O) groups is 2. The smallest absolute Gasteiger partial charge is 0.254 e. The quantitative estimate of drug-likeness (QED) is 0.698. The maximum Gasteiger partial charge on any atom is 0.254 e. The molecule has 1 fully saturated rings. The summed E-state index contributed by atoms with van der Waals surface area (Å²) in [5.41, 5.74) is 1.36. The number of piperidine rings is 1. The van der Waals surface area contributed by atoms with Crippen molar-refractivity contribution in [2.24, 2.45) is 5.92 Å². The van der Waals surface area contributed by atoms with Crippen LogP contribution in [0, 0.1) is 5.92 Å². The van der Waals surface area contributed by atoms with Crippen LogP contribution in [-0.4, -0.2) is 43.0 Å². The van der Waals surface area contributed by atoms with Crippen LogP contribution in [0.5, 0.6) is 11.5 Å². The molecule has 158 valence electrons. The Bertz CT molecular complexity index is 1140. The van der Waals surface area contributed by atoms with Gasteiger partial charge in [0.15, 0.2) is 11.5 Å². The Kier molecular flexibility index (Phi) is 5.20. The van der Waals surface area contributed by atoms with E-state index >= 15 is 0 Å². The van der Waals surface area contributed by atoms with Gasteiger partial charge in [0.05, 0.1) is 5.92 Å². The Labute approximate surface area is 180 Å². The number of anilines is 1. The number of carbonyl (C=O) groups excluding carboxylic acids is 2. The number of rotatable bonds is 3. The van der Waals surface area contributed by atoms with E-state index in [4.69, 9.17) is 9.47 Å². The van der Waals surface area contributed by atoms with Gasteiger partial charge in [0.1, 0.15) is 13.2 Å². The van der Waals surface area contributed by atoms with Crippen LogP contribution in [-0.2, 0) is 4.79 Å². The summed E-state index contributed by atoms with van der Waals surface area (Å²) >= 11 is 0. The van der Waals surface area contributed by atoms with Gasteiger partial charge < -0.3 is 19.7 Å². The van der Waals surface area contributed by atoms with Gasteiger partial charge in [0, 0.05) is 30.4 Å². The molecule has 6 heteroatoms. The summed E-state index contributed by atoms with van der Waals surface area (Å²) in [5.74, 6) is 0.982. The topological polar surface area (TPSA) is 67.9 Å². The highest BCUT2D eigenvalue weighted by atomic mass is 16.6. The normalized spacial score (nSPS) is 17.9. The number of nitrogens with zero attached hydrogens (tertiary/aromatic N) is 1. The van der Waals surface area contributed by atoms with Crippen LogP contribution in [0.4, 0.5) is 5.69 Å². The first-order valence-corrected chi connectivity index (χ1v) is 10.7. The van der Waals surface area contributed by atoms with E-state index in [0.717, 1.165) is 23.6 Å². The molecule has 0 unspecified atom stereocenters. The Hall–Kier alpha value is -3.54. The summed E-state index contributed by atoms with van der Waals surface area (Å²) < 4.78 is 11.1. The zero-order valence-corrected chi connectivity index (χ0v) is 17.2. The van der Waals surface area contributed by atoms with Gasteiger partial charge in [-0.05, 0) is 41.8 Å². The van der Waals surface area contributed by atoms with Crippen molar-refractivity contribution in [3.05, 3.63) is 66.2 Å². The lowest BCUT2D eigenvalue weighted by molar-refractivity contribution is -0.121. The number of fused-ring (bicyclic) bond motifs is 2. The Balaban J connectivity index is 1.29. The molecule has 2 aliphatic rings. The molecular formula is C25H24N2O4. The molecule has 0 spiro atoms. The Morgan fingerprint density at radius 2 is 1.74 bits per heavy atom. The average Bonchev–Trinajstić information content (AvgIpc) is 2.83. The number of hydrogen-bond acceptors (Lipinski definition) is 4. The molecule has 3 aromatic rings. The first-order valence-electron chi connectivity index (χ1n) is 10.7. The van der Waals surface area contributed by atoms with Gasteiger partial charge in [0.2, 0.25) is 5.91 Å². The average molecular weight is 416 g/mol. The number of benzene rings is 3. The van der Waals surface area contributed by atoms with Gasteiger partial charge >= 0.3 is 0 Å². The second-order valence-electron chi connectivity index (χ2n) is 7.96. The monoisotopic (exact) mass is 416 g/mol. The second kappa shape index (κ2) is 8.30. The summed E-state index contributed by atoms with van der Waals surface area (Å²) in [5, 5.41) is 4.96.